The normalized spacial score (nSPS) is 22.0. The lowest BCUT2D eigenvalue weighted by molar-refractivity contribution is -0.0615. The van der Waals surface area contributed by atoms with E-state index < -0.39 is 0 Å². The molecule has 104 valence electrons. The van der Waals surface area contributed by atoms with Crippen LogP contribution >= 0.6 is 15.9 Å². The Kier molecular flexibility index (Phi) is 4.31. The maximum atomic E-state index is 12.3. The van der Waals surface area contributed by atoms with E-state index in [1.54, 1.807) is 0 Å². The van der Waals surface area contributed by atoms with Gasteiger partial charge in [-0.15, -0.1) is 0 Å². The minimum absolute atomic E-state index is 0.00139. The molecule has 1 aliphatic heterocycles. The first-order valence-electron chi connectivity index (χ1n) is 6.58. The van der Waals surface area contributed by atoms with Crippen molar-refractivity contribution in [3.8, 4) is 0 Å². The van der Waals surface area contributed by atoms with Crippen molar-refractivity contribution in [2.24, 2.45) is 0 Å². The number of rotatable bonds is 2. The molecule has 1 aromatic rings. The van der Waals surface area contributed by atoms with Crippen LogP contribution in [-0.4, -0.2) is 24.2 Å². The molecule has 1 saturated heterocycles. The van der Waals surface area contributed by atoms with Crippen LogP contribution in [0.3, 0.4) is 0 Å². The molecule has 1 aliphatic rings. The molecule has 3 nitrogen and oxygen atoms in total. The van der Waals surface area contributed by atoms with Crippen LogP contribution in [0.2, 0.25) is 0 Å². The zero-order valence-electron chi connectivity index (χ0n) is 11.6. The number of ether oxygens (including phenoxy) is 1. The molecule has 0 saturated carbocycles. The number of hydrogen-bond acceptors (Lipinski definition) is 2. The molecule has 1 aromatic carbocycles. The topological polar surface area (TPSA) is 38.3 Å². The number of hydrogen-bond donors (Lipinski definition) is 1. The van der Waals surface area contributed by atoms with Gasteiger partial charge in [0.1, 0.15) is 0 Å². The van der Waals surface area contributed by atoms with E-state index in [0.717, 1.165) is 28.4 Å². The molecular weight excluding hydrogens is 306 g/mol. The average Bonchev–Trinajstić information content (AvgIpc) is 2.31. The van der Waals surface area contributed by atoms with Crippen molar-refractivity contribution in [1.29, 1.82) is 0 Å². The van der Waals surface area contributed by atoms with Crippen LogP contribution in [0, 0.1) is 6.92 Å². The first-order valence-corrected chi connectivity index (χ1v) is 7.38. The lowest BCUT2D eigenvalue weighted by atomic mass is 9.93. The molecule has 0 bridgehead atoms. The van der Waals surface area contributed by atoms with Gasteiger partial charge in [-0.3, -0.25) is 4.79 Å². The first-order chi connectivity index (χ1) is 8.87. The van der Waals surface area contributed by atoms with Crippen LogP contribution in [0.25, 0.3) is 0 Å². The number of carbonyl (C=O) groups is 1. The van der Waals surface area contributed by atoms with Crippen LogP contribution in [0.4, 0.5) is 0 Å². The van der Waals surface area contributed by atoms with E-state index in [-0.39, 0.29) is 17.6 Å². The highest BCUT2D eigenvalue weighted by atomic mass is 79.9. The van der Waals surface area contributed by atoms with Crippen molar-refractivity contribution in [3.63, 3.8) is 0 Å². The van der Waals surface area contributed by atoms with Gasteiger partial charge in [0.15, 0.2) is 0 Å². The highest BCUT2D eigenvalue weighted by molar-refractivity contribution is 9.10. The van der Waals surface area contributed by atoms with Gasteiger partial charge in [-0.1, -0.05) is 22.0 Å². The van der Waals surface area contributed by atoms with Crippen molar-refractivity contribution in [2.45, 2.75) is 45.3 Å². The van der Waals surface area contributed by atoms with Crippen molar-refractivity contribution in [3.05, 3.63) is 33.8 Å². The zero-order valence-corrected chi connectivity index (χ0v) is 13.2. The predicted octanol–water partition coefficient (Wildman–Crippen LogP) is 3.44. The summed E-state index contributed by atoms with van der Waals surface area (Å²) in [5, 5.41) is 3.12. The average molecular weight is 326 g/mol. The molecule has 1 heterocycles. The molecule has 0 spiro atoms. The number of amides is 1. The smallest absolute Gasteiger partial charge is 0.251 e. The molecule has 0 radical (unpaired) electrons. The fourth-order valence-electron chi connectivity index (χ4n) is 2.46. The van der Waals surface area contributed by atoms with Crippen LogP contribution < -0.4 is 5.32 Å². The van der Waals surface area contributed by atoms with Gasteiger partial charge in [0.05, 0.1) is 5.60 Å². The molecule has 1 unspecified atom stereocenters. The molecule has 2 rings (SSSR count). The van der Waals surface area contributed by atoms with E-state index in [9.17, 15) is 4.79 Å². The third kappa shape index (κ3) is 3.80. The summed E-state index contributed by atoms with van der Waals surface area (Å²) in [4.78, 5) is 12.3. The third-order valence-corrected chi connectivity index (χ3v) is 3.97. The summed E-state index contributed by atoms with van der Waals surface area (Å²) in [6, 6.07) is 5.96. The van der Waals surface area contributed by atoms with Crippen LogP contribution in [0.1, 0.15) is 42.6 Å². The van der Waals surface area contributed by atoms with Gasteiger partial charge in [0.2, 0.25) is 0 Å². The van der Waals surface area contributed by atoms with Crippen molar-refractivity contribution >= 4 is 21.8 Å². The fourth-order valence-corrected chi connectivity index (χ4v) is 2.82. The monoisotopic (exact) mass is 325 g/mol. The molecule has 1 fully saturated rings. The maximum Gasteiger partial charge on any atom is 0.251 e. The molecule has 19 heavy (non-hydrogen) atoms. The van der Waals surface area contributed by atoms with Gasteiger partial charge in [-0.25, -0.2) is 0 Å². The summed E-state index contributed by atoms with van der Waals surface area (Å²) in [6.45, 7) is 6.79. The summed E-state index contributed by atoms with van der Waals surface area (Å²) in [6.07, 6.45) is 1.73. The van der Waals surface area contributed by atoms with Crippen molar-refractivity contribution in [2.75, 3.05) is 6.61 Å². The fraction of sp³-hybridized carbons (Fsp3) is 0.533. The Labute approximate surface area is 122 Å². The van der Waals surface area contributed by atoms with E-state index in [2.05, 4.69) is 35.1 Å². The number of benzene rings is 1. The summed E-state index contributed by atoms with van der Waals surface area (Å²) < 4.78 is 6.59. The van der Waals surface area contributed by atoms with E-state index in [1.807, 2.05) is 25.1 Å². The Morgan fingerprint density at radius 2 is 2.21 bits per heavy atom. The molecule has 0 aromatic heterocycles. The van der Waals surface area contributed by atoms with E-state index in [4.69, 9.17) is 4.74 Å². The highest BCUT2D eigenvalue weighted by Gasteiger charge is 2.29. The van der Waals surface area contributed by atoms with Gasteiger partial charge in [-0.2, -0.15) is 0 Å². The Morgan fingerprint density at radius 3 is 2.89 bits per heavy atom. The molecule has 1 amide bonds. The van der Waals surface area contributed by atoms with Gasteiger partial charge in [0.25, 0.3) is 5.91 Å². The van der Waals surface area contributed by atoms with Crippen LogP contribution in [0.5, 0.6) is 0 Å². The second-order valence-corrected chi connectivity index (χ2v) is 6.65. The minimum Gasteiger partial charge on any atom is -0.375 e. The summed E-state index contributed by atoms with van der Waals surface area (Å²) in [5.41, 5.74) is 1.58. The SMILES string of the molecule is Cc1ccc(Br)cc1C(=O)NC1CCOC(C)(C)C1. The molecule has 4 heteroatoms. The molecule has 1 N–H and O–H groups in total. The Balaban J connectivity index is 2.06. The Bertz CT molecular complexity index is 485. The Hall–Kier alpha value is -0.870. The van der Waals surface area contributed by atoms with Crippen LogP contribution in [-0.2, 0) is 4.74 Å². The van der Waals surface area contributed by atoms with Gasteiger partial charge < -0.3 is 10.1 Å². The van der Waals surface area contributed by atoms with E-state index >= 15 is 0 Å². The van der Waals surface area contributed by atoms with Gasteiger partial charge >= 0.3 is 0 Å². The lowest BCUT2D eigenvalue weighted by Crippen LogP contribution is -2.45. The summed E-state index contributed by atoms with van der Waals surface area (Å²) >= 11 is 3.41. The Morgan fingerprint density at radius 1 is 1.47 bits per heavy atom. The molecule has 0 aliphatic carbocycles. The molecular formula is C15H20BrNO2. The maximum absolute atomic E-state index is 12.3. The van der Waals surface area contributed by atoms with Crippen molar-refractivity contribution in [1.82, 2.24) is 5.32 Å². The second kappa shape index (κ2) is 5.63. The number of nitrogens with one attached hydrogen (secondary N) is 1. The van der Waals surface area contributed by atoms with Crippen LogP contribution in [0.15, 0.2) is 22.7 Å². The number of carbonyl (C=O) groups excluding carboxylic acids is 1. The van der Waals surface area contributed by atoms with E-state index in [0.29, 0.717) is 6.61 Å². The number of aryl methyl sites for hydroxylation is 1. The standard InChI is InChI=1S/C15H20BrNO2/c1-10-4-5-11(16)8-13(10)14(18)17-12-6-7-19-15(2,3)9-12/h4-5,8,12H,6-7,9H2,1-3H3,(H,17,18). The first kappa shape index (κ1) is 14.5. The largest absolute Gasteiger partial charge is 0.375 e. The number of halogens is 1. The summed E-state index contributed by atoms with van der Waals surface area (Å²) in [5.74, 6) is 0.00139. The summed E-state index contributed by atoms with van der Waals surface area (Å²) in [7, 11) is 0. The minimum atomic E-state index is -0.150. The predicted molar refractivity (Wildman–Crippen MR) is 79.4 cm³/mol. The van der Waals surface area contributed by atoms with E-state index in [1.165, 1.54) is 0 Å². The van der Waals surface area contributed by atoms with Gasteiger partial charge in [0, 0.05) is 22.7 Å². The lowest BCUT2D eigenvalue weighted by Gasteiger charge is -2.35. The van der Waals surface area contributed by atoms with Gasteiger partial charge in [-0.05, 0) is 51.3 Å². The third-order valence-electron chi connectivity index (χ3n) is 3.48. The zero-order chi connectivity index (χ0) is 14.0. The highest BCUT2D eigenvalue weighted by Crippen LogP contribution is 2.24. The molecule has 1 atom stereocenters. The second-order valence-electron chi connectivity index (χ2n) is 5.73. The quantitative estimate of drug-likeness (QED) is 0.904. The van der Waals surface area contributed by atoms with Crippen molar-refractivity contribution < 1.29 is 9.53 Å².